The Bertz CT molecular complexity index is 1030. The van der Waals surface area contributed by atoms with Crippen molar-refractivity contribution >= 4 is 52.6 Å². The van der Waals surface area contributed by atoms with Crippen LogP contribution in [-0.4, -0.2) is 65.3 Å². The summed E-state index contributed by atoms with van der Waals surface area (Å²) in [5, 5.41) is 27.6. The molecule has 3 atom stereocenters. The fourth-order valence-electron chi connectivity index (χ4n) is 3.31. The third-order valence-corrected chi connectivity index (χ3v) is 8.18. The number of carboxylic acid groups (broad SMARTS) is 1. The zero-order valence-corrected chi connectivity index (χ0v) is 21.4. The number of amides is 2. The number of thioether (sulfide) groups is 2. The molecule has 0 saturated carbocycles. The van der Waals surface area contributed by atoms with Crippen molar-refractivity contribution in [3.05, 3.63) is 33.7 Å². The van der Waals surface area contributed by atoms with E-state index in [0.717, 1.165) is 4.88 Å². The van der Waals surface area contributed by atoms with Gasteiger partial charge in [-0.15, -0.1) is 28.2 Å². The van der Waals surface area contributed by atoms with Crippen LogP contribution in [0.3, 0.4) is 0 Å². The number of β-lactam (4-membered cyclic amide) rings is 1. The number of rotatable bonds is 7. The number of thiophene rings is 1. The number of aliphatic carboxylic acids is 1. The van der Waals surface area contributed by atoms with Crippen LogP contribution in [0.1, 0.15) is 11.8 Å². The Labute approximate surface area is 212 Å². The van der Waals surface area contributed by atoms with Crippen LogP contribution in [0.25, 0.3) is 0 Å². The summed E-state index contributed by atoms with van der Waals surface area (Å²) in [5.74, 6) is -1.81. The average Bonchev–Trinajstić information content (AvgIpc) is 3.36. The van der Waals surface area contributed by atoms with E-state index >= 15 is 0 Å². The number of carboxylic acids is 1. The molecule has 158 valence electrons. The van der Waals surface area contributed by atoms with Gasteiger partial charge in [0, 0.05) is 22.9 Å². The maximum absolute atomic E-state index is 12.7. The van der Waals surface area contributed by atoms with E-state index in [9.17, 15) is 19.5 Å². The number of aromatic nitrogens is 4. The molecule has 2 aliphatic heterocycles. The van der Waals surface area contributed by atoms with Crippen molar-refractivity contribution in [3.8, 4) is 0 Å². The predicted octanol–water partition coefficient (Wildman–Crippen LogP) is -3.60. The monoisotopic (exact) mass is 488 g/mol. The zero-order valence-electron chi connectivity index (χ0n) is 17.0. The summed E-state index contributed by atoms with van der Waals surface area (Å²) in [6.45, 7) is 1.88. The topological polar surface area (TPSA) is 133 Å². The number of carbonyl (C=O) groups is 3. The van der Waals surface area contributed by atoms with Crippen molar-refractivity contribution in [1.82, 2.24) is 30.4 Å². The van der Waals surface area contributed by atoms with E-state index < -0.39 is 23.3 Å². The summed E-state index contributed by atoms with van der Waals surface area (Å²) in [5.41, 5.74) is 0.448. The van der Waals surface area contributed by atoms with Crippen LogP contribution in [0.4, 0.5) is 0 Å². The minimum Gasteiger partial charge on any atom is -0.543 e. The summed E-state index contributed by atoms with van der Waals surface area (Å²) < 4.78 is 1.49. The van der Waals surface area contributed by atoms with Crippen molar-refractivity contribution < 1.29 is 49.0 Å². The van der Waals surface area contributed by atoms with Crippen LogP contribution in [0.5, 0.6) is 0 Å². The average molecular weight is 489 g/mol. The van der Waals surface area contributed by atoms with Gasteiger partial charge < -0.3 is 15.2 Å². The molecule has 4 heterocycles. The van der Waals surface area contributed by atoms with Gasteiger partial charge in [-0.05, 0) is 34.4 Å². The molecule has 31 heavy (non-hydrogen) atoms. The molecule has 0 radical (unpaired) electrons. The fourth-order valence-corrected chi connectivity index (χ4v) is 6.56. The largest absolute Gasteiger partial charge is 1.00 e. The maximum atomic E-state index is 12.7. The molecule has 0 aromatic carbocycles. The molecular weight excluding hydrogens is 471 g/mol. The van der Waals surface area contributed by atoms with Gasteiger partial charge in [-0.2, -0.15) is 0 Å². The van der Waals surface area contributed by atoms with Crippen LogP contribution < -0.4 is 40.0 Å². The van der Waals surface area contributed by atoms with Gasteiger partial charge in [-0.25, -0.2) is 4.68 Å². The molecule has 0 bridgehead atoms. The molecule has 2 aliphatic rings. The van der Waals surface area contributed by atoms with Crippen molar-refractivity contribution in [1.29, 1.82) is 0 Å². The fraction of sp³-hybridized carbons (Fsp3) is 0.412. The predicted molar refractivity (Wildman–Crippen MR) is 109 cm³/mol. The third-order valence-electron chi connectivity index (χ3n) is 4.79. The molecule has 2 aromatic heterocycles. The van der Waals surface area contributed by atoms with Crippen LogP contribution >= 0.6 is 34.9 Å². The smallest absolute Gasteiger partial charge is 0.543 e. The zero-order chi connectivity index (χ0) is 21.4. The molecule has 2 amide bonds. The van der Waals surface area contributed by atoms with Crippen molar-refractivity contribution in [2.75, 3.05) is 5.75 Å². The molecule has 2 aromatic rings. The van der Waals surface area contributed by atoms with E-state index in [-0.39, 0.29) is 52.8 Å². The molecule has 1 saturated heterocycles. The molecular formula is C17H17N6NaO4S3. The van der Waals surface area contributed by atoms with Crippen molar-refractivity contribution in [3.63, 3.8) is 0 Å². The van der Waals surface area contributed by atoms with Gasteiger partial charge in [-0.3, -0.25) is 14.5 Å². The van der Waals surface area contributed by atoms with Gasteiger partial charge in [0.05, 0.1) is 18.1 Å². The Kier molecular flexibility index (Phi) is 7.86. The van der Waals surface area contributed by atoms with E-state index in [2.05, 4.69) is 20.8 Å². The summed E-state index contributed by atoms with van der Waals surface area (Å²) >= 11 is 4.19. The van der Waals surface area contributed by atoms with Crippen LogP contribution in [0, 0.1) is 0 Å². The Morgan fingerprint density at radius 2 is 2.16 bits per heavy atom. The van der Waals surface area contributed by atoms with Crippen molar-refractivity contribution in [2.24, 2.45) is 7.05 Å². The molecule has 14 heteroatoms. The first-order valence-electron chi connectivity index (χ1n) is 8.96. The quantitative estimate of drug-likeness (QED) is 0.238. The molecule has 10 nitrogen and oxygen atoms in total. The molecule has 0 aliphatic carbocycles. The number of carbonyl (C=O) groups excluding carboxylic acids is 3. The van der Waals surface area contributed by atoms with E-state index in [1.807, 2.05) is 24.4 Å². The summed E-state index contributed by atoms with van der Waals surface area (Å²) in [6.07, 6.45) is 0.186. The normalized spacial score (nSPS) is 22.5. The number of hydrogen-bond acceptors (Lipinski definition) is 10. The van der Waals surface area contributed by atoms with E-state index in [0.29, 0.717) is 16.5 Å². The number of aryl methyl sites for hydroxylation is 1. The summed E-state index contributed by atoms with van der Waals surface area (Å²) in [6, 6.07) is 2.95. The van der Waals surface area contributed by atoms with Crippen LogP contribution in [0.15, 0.2) is 33.9 Å². The number of tetrazole rings is 1. The van der Waals surface area contributed by atoms with Crippen LogP contribution in [-0.2, 0) is 27.9 Å². The van der Waals surface area contributed by atoms with Gasteiger partial charge >= 0.3 is 29.6 Å². The first-order valence-corrected chi connectivity index (χ1v) is 11.8. The van der Waals surface area contributed by atoms with Gasteiger partial charge in [-0.1, -0.05) is 17.8 Å². The van der Waals surface area contributed by atoms with E-state index in [4.69, 9.17) is 0 Å². The first-order chi connectivity index (χ1) is 14.4. The SMILES string of the molecule is C[C@H]1S[C@H]2C(NC(=O)Cc3cccs3)C(=O)N2C(C(=O)[O-])=C1CSc1nnnn1C.[Na+]. The molecule has 1 N–H and O–H groups in total. The summed E-state index contributed by atoms with van der Waals surface area (Å²) in [4.78, 5) is 39.1. The molecule has 1 fully saturated rings. The second kappa shape index (κ2) is 10.0. The molecule has 0 spiro atoms. The Balaban J connectivity index is 0.00000272. The Morgan fingerprint density at radius 1 is 1.39 bits per heavy atom. The van der Waals surface area contributed by atoms with E-state index in [1.165, 1.54) is 44.4 Å². The number of nitrogens with one attached hydrogen (secondary N) is 1. The van der Waals surface area contributed by atoms with Gasteiger partial charge in [0.25, 0.3) is 5.91 Å². The standard InChI is InChI=1S/C17H18N6O4S3.Na/c1-8-10(7-29-17-19-20-21-22(17)2)13(16(26)27)23-14(25)12(15(23)30-8)18-11(24)6-9-4-3-5-28-9;/h3-5,8,12,15H,6-7H2,1-2H3,(H,18,24)(H,26,27);/q;+1/p-1/t8-,12?,15+;/m1./s1. The van der Waals surface area contributed by atoms with Gasteiger partial charge in [0.1, 0.15) is 11.4 Å². The maximum Gasteiger partial charge on any atom is 1.00 e. The summed E-state index contributed by atoms with van der Waals surface area (Å²) in [7, 11) is 1.69. The van der Waals surface area contributed by atoms with Gasteiger partial charge in [0.2, 0.25) is 11.1 Å². The molecule has 4 rings (SSSR count). The number of fused-ring (bicyclic) bond motifs is 1. The van der Waals surface area contributed by atoms with Crippen LogP contribution in [0.2, 0.25) is 0 Å². The third kappa shape index (κ3) is 4.86. The van der Waals surface area contributed by atoms with E-state index in [1.54, 1.807) is 7.05 Å². The van der Waals surface area contributed by atoms with Crippen molar-refractivity contribution in [2.45, 2.75) is 35.2 Å². The second-order valence-corrected chi connectivity index (χ2v) is 10.2. The Morgan fingerprint density at radius 3 is 2.77 bits per heavy atom. The number of hydrogen-bond donors (Lipinski definition) is 1. The first kappa shape index (κ1) is 24.3. The Hall–Kier alpha value is -1.38. The molecule has 1 unspecified atom stereocenters. The minimum absolute atomic E-state index is 0. The minimum atomic E-state index is -1.41. The number of nitrogens with zero attached hydrogens (tertiary/aromatic N) is 5. The van der Waals surface area contributed by atoms with Gasteiger partial charge in [0.15, 0.2) is 0 Å². The second-order valence-electron chi connectivity index (χ2n) is 6.71.